The topological polar surface area (TPSA) is 46.6 Å². The van der Waals surface area contributed by atoms with E-state index in [1.165, 1.54) is 18.2 Å². The molecule has 0 heterocycles. The summed E-state index contributed by atoms with van der Waals surface area (Å²) in [7, 11) is 1.73. The zero-order chi connectivity index (χ0) is 17.0. The average molecular weight is 386 g/mol. The second-order valence-electron chi connectivity index (χ2n) is 6.12. The standard InChI is InChI=1S/C17H21BrFNO3/c1-11-3-6-13(7-4-11)20(2)16(21)10-23-17(22)14-9-12(18)5-8-15(14)19/h5,8-9,11,13H,3-4,6-7,10H2,1-2H3. The van der Waals surface area contributed by atoms with Gasteiger partial charge in [-0.1, -0.05) is 22.9 Å². The van der Waals surface area contributed by atoms with Gasteiger partial charge in [0.2, 0.25) is 0 Å². The van der Waals surface area contributed by atoms with Crippen LogP contribution in [0.3, 0.4) is 0 Å². The van der Waals surface area contributed by atoms with Gasteiger partial charge in [-0.25, -0.2) is 9.18 Å². The van der Waals surface area contributed by atoms with E-state index in [0.29, 0.717) is 10.4 Å². The lowest BCUT2D eigenvalue weighted by Crippen LogP contribution is -2.41. The number of likely N-dealkylation sites (N-methyl/N-ethyl adjacent to an activating group) is 1. The lowest BCUT2D eigenvalue weighted by molar-refractivity contribution is -0.136. The molecule has 0 radical (unpaired) electrons. The molecule has 1 aliphatic carbocycles. The maximum Gasteiger partial charge on any atom is 0.341 e. The van der Waals surface area contributed by atoms with Crippen LogP contribution >= 0.6 is 15.9 Å². The number of carbonyl (C=O) groups excluding carboxylic acids is 2. The Morgan fingerprint density at radius 1 is 1.30 bits per heavy atom. The van der Waals surface area contributed by atoms with Crippen molar-refractivity contribution in [2.75, 3.05) is 13.7 Å². The number of rotatable bonds is 4. The number of halogens is 2. The van der Waals surface area contributed by atoms with E-state index < -0.39 is 11.8 Å². The van der Waals surface area contributed by atoms with E-state index in [1.54, 1.807) is 11.9 Å². The van der Waals surface area contributed by atoms with Gasteiger partial charge in [-0.2, -0.15) is 0 Å². The monoisotopic (exact) mass is 385 g/mol. The molecule has 0 spiro atoms. The van der Waals surface area contributed by atoms with Crippen LogP contribution in [0, 0.1) is 11.7 Å². The van der Waals surface area contributed by atoms with Gasteiger partial charge in [0.25, 0.3) is 5.91 Å². The molecular formula is C17H21BrFNO3. The molecule has 0 atom stereocenters. The Labute approximate surface area is 144 Å². The molecular weight excluding hydrogens is 365 g/mol. The van der Waals surface area contributed by atoms with Gasteiger partial charge in [0, 0.05) is 17.6 Å². The van der Waals surface area contributed by atoms with Gasteiger partial charge < -0.3 is 9.64 Å². The number of amides is 1. The van der Waals surface area contributed by atoms with Crippen molar-refractivity contribution >= 4 is 27.8 Å². The zero-order valence-electron chi connectivity index (χ0n) is 13.4. The van der Waals surface area contributed by atoms with Crippen LogP contribution < -0.4 is 0 Å². The first kappa shape index (κ1) is 17.9. The quantitative estimate of drug-likeness (QED) is 0.740. The Kier molecular flexibility index (Phi) is 6.16. The van der Waals surface area contributed by atoms with E-state index in [-0.39, 0.29) is 24.1 Å². The molecule has 0 aromatic heterocycles. The number of esters is 1. The highest BCUT2D eigenvalue weighted by atomic mass is 79.9. The van der Waals surface area contributed by atoms with Crippen molar-refractivity contribution < 1.29 is 18.7 Å². The van der Waals surface area contributed by atoms with Crippen LogP contribution in [0.2, 0.25) is 0 Å². The van der Waals surface area contributed by atoms with Gasteiger partial charge in [0.05, 0.1) is 5.56 Å². The Hall–Kier alpha value is -1.43. The van der Waals surface area contributed by atoms with Crippen molar-refractivity contribution in [1.29, 1.82) is 0 Å². The van der Waals surface area contributed by atoms with Crippen LogP contribution in [0.25, 0.3) is 0 Å². The molecule has 1 aromatic rings. The highest BCUT2D eigenvalue weighted by Gasteiger charge is 2.25. The van der Waals surface area contributed by atoms with Gasteiger partial charge in [0.15, 0.2) is 6.61 Å². The van der Waals surface area contributed by atoms with E-state index in [9.17, 15) is 14.0 Å². The molecule has 6 heteroatoms. The number of ether oxygens (including phenoxy) is 1. The predicted molar refractivity (Wildman–Crippen MR) is 88.6 cm³/mol. The van der Waals surface area contributed by atoms with Crippen molar-refractivity contribution in [2.24, 2.45) is 5.92 Å². The molecule has 23 heavy (non-hydrogen) atoms. The van der Waals surface area contributed by atoms with E-state index in [4.69, 9.17) is 4.74 Å². The van der Waals surface area contributed by atoms with Gasteiger partial charge in [-0.05, 0) is 49.8 Å². The first-order valence-corrected chi connectivity index (χ1v) is 8.55. The third-order valence-corrected chi connectivity index (χ3v) is 4.89. The zero-order valence-corrected chi connectivity index (χ0v) is 14.9. The van der Waals surface area contributed by atoms with Crippen LogP contribution in [0.4, 0.5) is 4.39 Å². The molecule has 1 aliphatic rings. The average Bonchev–Trinajstić information content (AvgIpc) is 2.54. The summed E-state index contributed by atoms with van der Waals surface area (Å²) in [5, 5.41) is 0. The largest absolute Gasteiger partial charge is 0.452 e. The van der Waals surface area contributed by atoms with Crippen LogP contribution in [0.1, 0.15) is 43.0 Å². The Morgan fingerprint density at radius 3 is 2.61 bits per heavy atom. The van der Waals surface area contributed by atoms with Crippen LogP contribution in [-0.2, 0) is 9.53 Å². The number of hydrogen-bond acceptors (Lipinski definition) is 3. The van der Waals surface area contributed by atoms with Gasteiger partial charge in [-0.3, -0.25) is 4.79 Å². The number of benzene rings is 1. The Bertz CT molecular complexity index is 585. The molecule has 1 amide bonds. The minimum Gasteiger partial charge on any atom is -0.452 e. The number of hydrogen-bond donors (Lipinski definition) is 0. The van der Waals surface area contributed by atoms with E-state index >= 15 is 0 Å². The Balaban J connectivity index is 1.88. The molecule has 2 rings (SSSR count). The first-order valence-electron chi connectivity index (χ1n) is 7.76. The second-order valence-corrected chi connectivity index (χ2v) is 7.03. The van der Waals surface area contributed by atoms with Crippen molar-refractivity contribution in [1.82, 2.24) is 4.90 Å². The first-order chi connectivity index (χ1) is 10.9. The summed E-state index contributed by atoms with van der Waals surface area (Å²) < 4.78 is 19.2. The summed E-state index contributed by atoms with van der Waals surface area (Å²) in [6, 6.07) is 4.21. The van der Waals surface area contributed by atoms with Crippen molar-refractivity contribution in [3.63, 3.8) is 0 Å². The molecule has 0 N–H and O–H groups in total. The normalized spacial score (nSPS) is 20.9. The predicted octanol–water partition coefficient (Wildman–Crippen LogP) is 3.78. The molecule has 1 fully saturated rings. The summed E-state index contributed by atoms with van der Waals surface area (Å²) in [4.78, 5) is 25.7. The molecule has 0 aliphatic heterocycles. The van der Waals surface area contributed by atoms with Crippen molar-refractivity contribution in [3.05, 3.63) is 34.1 Å². The van der Waals surface area contributed by atoms with E-state index in [2.05, 4.69) is 22.9 Å². The maximum atomic E-state index is 13.6. The summed E-state index contributed by atoms with van der Waals surface area (Å²) >= 11 is 3.18. The second kappa shape index (κ2) is 7.90. The molecule has 0 bridgehead atoms. The molecule has 1 saturated carbocycles. The number of nitrogens with zero attached hydrogens (tertiary/aromatic N) is 1. The third-order valence-electron chi connectivity index (χ3n) is 4.40. The fraction of sp³-hybridized carbons (Fsp3) is 0.529. The van der Waals surface area contributed by atoms with E-state index in [0.717, 1.165) is 25.7 Å². The van der Waals surface area contributed by atoms with Gasteiger partial charge >= 0.3 is 5.97 Å². The maximum absolute atomic E-state index is 13.6. The minimum absolute atomic E-state index is 0.179. The summed E-state index contributed by atoms with van der Waals surface area (Å²) in [6.07, 6.45) is 4.14. The van der Waals surface area contributed by atoms with Crippen LogP contribution in [-0.4, -0.2) is 36.5 Å². The van der Waals surface area contributed by atoms with Gasteiger partial charge in [-0.15, -0.1) is 0 Å². The van der Waals surface area contributed by atoms with E-state index in [1.807, 2.05) is 0 Å². The molecule has 126 valence electrons. The molecule has 4 nitrogen and oxygen atoms in total. The summed E-state index contributed by atoms with van der Waals surface area (Å²) in [6.45, 7) is 1.85. The molecule has 0 saturated heterocycles. The molecule has 1 aromatic carbocycles. The SMILES string of the molecule is CC1CCC(N(C)C(=O)COC(=O)c2cc(Br)ccc2F)CC1. The molecule has 0 unspecified atom stereocenters. The van der Waals surface area contributed by atoms with Gasteiger partial charge in [0.1, 0.15) is 5.82 Å². The van der Waals surface area contributed by atoms with Crippen molar-refractivity contribution in [2.45, 2.75) is 38.6 Å². The van der Waals surface area contributed by atoms with Crippen LogP contribution in [0.15, 0.2) is 22.7 Å². The van der Waals surface area contributed by atoms with Crippen LogP contribution in [0.5, 0.6) is 0 Å². The van der Waals surface area contributed by atoms with Crippen molar-refractivity contribution in [3.8, 4) is 0 Å². The highest BCUT2D eigenvalue weighted by molar-refractivity contribution is 9.10. The lowest BCUT2D eigenvalue weighted by atomic mass is 9.87. The smallest absolute Gasteiger partial charge is 0.341 e. The fourth-order valence-corrected chi connectivity index (χ4v) is 3.16. The number of carbonyl (C=O) groups is 2. The summed E-state index contributed by atoms with van der Waals surface area (Å²) in [5.41, 5.74) is -0.179. The highest BCUT2D eigenvalue weighted by Crippen LogP contribution is 2.26. The third kappa shape index (κ3) is 4.77. The lowest BCUT2D eigenvalue weighted by Gasteiger charge is -2.33. The fourth-order valence-electron chi connectivity index (χ4n) is 2.79. The minimum atomic E-state index is -0.831. The Morgan fingerprint density at radius 2 is 1.96 bits per heavy atom. The summed E-state index contributed by atoms with van der Waals surface area (Å²) in [5.74, 6) is -1.05.